The zero-order valence-electron chi connectivity index (χ0n) is 10.1. The van der Waals surface area contributed by atoms with Crippen LogP contribution in [0.3, 0.4) is 0 Å². The minimum absolute atomic E-state index is 0.0758. The molecule has 0 radical (unpaired) electrons. The maximum atomic E-state index is 11.6. The van der Waals surface area contributed by atoms with E-state index >= 15 is 0 Å². The molecule has 0 spiro atoms. The Morgan fingerprint density at radius 1 is 1.43 bits per heavy atom. The Hall–Kier alpha value is -0.570. The van der Waals surface area contributed by atoms with Gasteiger partial charge < -0.3 is 10.6 Å². The minimum atomic E-state index is -0.704. The number of nitrogens with two attached hydrogens (primary N) is 1. The lowest BCUT2D eigenvalue weighted by Gasteiger charge is -2.25. The molecular formula is C11H24N2O. The predicted octanol–water partition coefficient (Wildman–Crippen LogP) is 1.62. The summed E-state index contributed by atoms with van der Waals surface area (Å²) in [4.78, 5) is 13.5. The molecule has 3 nitrogen and oxygen atoms in total. The topological polar surface area (TPSA) is 46.3 Å². The van der Waals surface area contributed by atoms with Crippen LogP contribution in [0.25, 0.3) is 0 Å². The van der Waals surface area contributed by atoms with Crippen molar-refractivity contribution in [1.29, 1.82) is 0 Å². The van der Waals surface area contributed by atoms with E-state index in [4.69, 9.17) is 5.73 Å². The summed E-state index contributed by atoms with van der Waals surface area (Å²) < 4.78 is 0. The van der Waals surface area contributed by atoms with Crippen LogP contribution in [0.5, 0.6) is 0 Å². The molecule has 0 saturated carbocycles. The van der Waals surface area contributed by atoms with Gasteiger partial charge in [0.15, 0.2) is 0 Å². The van der Waals surface area contributed by atoms with Gasteiger partial charge in [-0.05, 0) is 26.2 Å². The summed E-state index contributed by atoms with van der Waals surface area (Å²) in [6, 6.07) is 0. The zero-order chi connectivity index (χ0) is 11.4. The van der Waals surface area contributed by atoms with Gasteiger partial charge in [-0.25, -0.2) is 0 Å². The molecule has 1 heterocycles. The Bertz CT molecular complexity index is 184. The van der Waals surface area contributed by atoms with Crippen LogP contribution in [-0.4, -0.2) is 29.4 Å². The fourth-order valence-electron chi connectivity index (χ4n) is 1.53. The van der Waals surface area contributed by atoms with Crippen molar-refractivity contribution in [2.75, 3.05) is 13.1 Å². The van der Waals surface area contributed by atoms with Crippen LogP contribution in [0.2, 0.25) is 0 Å². The van der Waals surface area contributed by atoms with E-state index in [1.807, 2.05) is 18.7 Å². The summed E-state index contributed by atoms with van der Waals surface area (Å²) >= 11 is 0. The Morgan fingerprint density at radius 3 is 2.21 bits per heavy atom. The maximum Gasteiger partial charge on any atom is 0.242 e. The van der Waals surface area contributed by atoms with E-state index in [2.05, 4.69) is 6.92 Å². The maximum absolute atomic E-state index is 11.6. The van der Waals surface area contributed by atoms with E-state index in [1.165, 1.54) is 0 Å². The Kier molecular flexibility index (Phi) is 5.13. The second-order valence-corrected chi connectivity index (χ2v) is 4.37. The monoisotopic (exact) mass is 200 g/mol. The number of carbonyl (C=O) groups is 1. The standard InChI is InChI=1S/C9H18N2O.C2H6/c1-7-4-5-11(6-7)8(12)9(2,3)10;1-2/h7H,4-6,10H2,1-3H3;1-2H3/t7-;/m1./s1. The second kappa shape index (κ2) is 5.35. The zero-order valence-corrected chi connectivity index (χ0v) is 10.1. The van der Waals surface area contributed by atoms with Crippen LogP contribution in [-0.2, 0) is 4.79 Å². The lowest BCUT2D eigenvalue weighted by Crippen LogP contribution is -2.50. The van der Waals surface area contributed by atoms with Gasteiger partial charge in [-0.2, -0.15) is 0 Å². The van der Waals surface area contributed by atoms with E-state index in [-0.39, 0.29) is 5.91 Å². The van der Waals surface area contributed by atoms with Gasteiger partial charge in [-0.15, -0.1) is 0 Å². The first kappa shape index (κ1) is 13.4. The molecule has 0 bridgehead atoms. The molecule has 0 unspecified atom stereocenters. The molecule has 0 aliphatic carbocycles. The first-order valence-electron chi connectivity index (χ1n) is 5.49. The molecule has 2 N–H and O–H groups in total. The van der Waals surface area contributed by atoms with Crippen molar-refractivity contribution in [3.63, 3.8) is 0 Å². The van der Waals surface area contributed by atoms with Crippen molar-refractivity contribution in [3.05, 3.63) is 0 Å². The molecular weight excluding hydrogens is 176 g/mol. The Balaban J connectivity index is 0.000000791. The first-order chi connectivity index (χ1) is 6.41. The predicted molar refractivity (Wildman–Crippen MR) is 60.0 cm³/mol. The van der Waals surface area contributed by atoms with Gasteiger partial charge in [0.2, 0.25) is 5.91 Å². The van der Waals surface area contributed by atoms with Crippen molar-refractivity contribution < 1.29 is 4.79 Å². The van der Waals surface area contributed by atoms with Gasteiger partial charge in [-0.3, -0.25) is 4.79 Å². The summed E-state index contributed by atoms with van der Waals surface area (Å²) in [6.07, 6.45) is 1.11. The van der Waals surface area contributed by atoms with Crippen molar-refractivity contribution in [2.45, 2.75) is 46.6 Å². The molecule has 1 aliphatic rings. The van der Waals surface area contributed by atoms with E-state index < -0.39 is 5.54 Å². The molecule has 14 heavy (non-hydrogen) atoms. The van der Waals surface area contributed by atoms with Gasteiger partial charge >= 0.3 is 0 Å². The molecule has 0 aromatic heterocycles. The minimum Gasteiger partial charge on any atom is -0.341 e. The third kappa shape index (κ3) is 3.66. The largest absolute Gasteiger partial charge is 0.341 e. The van der Waals surface area contributed by atoms with Crippen LogP contribution in [0.1, 0.15) is 41.0 Å². The lowest BCUT2D eigenvalue weighted by molar-refractivity contribution is -0.134. The molecule has 1 amide bonds. The van der Waals surface area contributed by atoms with Crippen LogP contribution >= 0.6 is 0 Å². The molecule has 84 valence electrons. The Labute approximate surface area is 87.6 Å². The summed E-state index contributed by atoms with van der Waals surface area (Å²) in [7, 11) is 0. The van der Waals surface area contributed by atoms with Gasteiger partial charge in [0.05, 0.1) is 5.54 Å². The molecule has 3 heteroatoms. The molecule has 0 aromatic carbocycles. The second-order valence-electron chi connectivity index (χ2n) is 4.37. The molecule has 1 rings (SSSR count). The highest BCUT2D eigenvalue weighted by molar-refractivity contribution is 5.85. The van der Waals surface area contributed by atoms with Crippen LogP contribution in [0.15, 0.2) is 0 Å². The lowest BCUT2D eigenvalue weighted by atomic mass is 10.1. The van der Waals surface area contributed by atoms with Crippen LogP contribution in [0.4, 0.5) is 0 Å². The highest BCUT2D eigenvalue weighted by atomic mass is 16.2. The van der Waals surface area contributed by atoms with Gasteiger partial charge in [0.25, 0.3) is 0 Å². The normalized spacial score (nSPS) is 21.6. The van der Waals surface area contributed by atoms with Gasteiger partial charge in [0, 0.05) is 13.1 Å². The highest BCUT2D eigenvalue weighted by Gasteiger charge is 2.31. The van der Waals surface area contributed by atoms with Crippen molar-refractivity contribution in [2.24, 2.45) is 11.7 Å². The van der Waals surface area contributed by atoms with Gasteiger partial charge in [0.1, 0.15) is 0 Å². The highest BCUT2D eigenvalue weighted by Crippen LogP contribution is 2.17. The summed E-state index contributed by atoms with van der Waals surface area (Å²) in [5.41, 5.74) is 5.01. The molecule has 1 fully saturated rings. The number of nitrogens with zero attached hydrogens (tertiary/aromatic N) is 1. The van der Waals surface area contributed by atoms with E-state index in [0.717, 1.165) is 19.5 Å². The third-order valence-electron chi connectivity index (χ3n) is 2.26. The quantitative estimate of drug-likeness (QED) is 0.699. The molecule has 1 saturated heterocycles. The number of rotatable bonds is 1. The number of amides is 1. The van der Waals surface area contributed by atoms with Crippen LogP contribution < -0.4 is 5.73 Å². The fraction of sp³-hybridized carbons (Fsp3) is 0.909. The summed E-state index contributed by atoms with van der Waals surface area (Å²) in [5.74, 6) is 0.711. The number of carbonyl (C=O) groups excluding carboxylic acids is 1. The molecule has 0 aromatic rings. The van der Waals surface area contributed by atoms with Crippen molar-refractivity contribution >= 4 is 5.91 Å². The SMILES string of the molecule is CC.C[C@@H]1CCN(C(=O)C(C)(C)N)C1. The van der Waals surface area contributed by atoms with Crippen molar-refractivity contribution in [3.8, 4) is 0 Å². The Morgan fingerprint density at radius 2 is 1.93 bits per heavy atom. The average molecular weight is 200 g/mol. The van der Waals surface area contributed by atoms with E-state index in [9.17, 15) is 4.79 Å². The summed E-state index contributed by atoms with van der Waals surface area (Å²) in [5, 5.41) is 0. The smallest absolute Gasteiger partial charge is 0.242 e. The van der Waals surface area contributed by atoms with E-state index in [0.29, 0.717) is 5.92 Å². The van der Waals surface area contributed by atoms with Crippen LogP contribution in [0, 0.1) is 5.92 Å². The first-order valence-corrected chi connectivity index (χ1v) is 5.49. The van der Waals surface area contributed by atoms with Gasteiger partial charge in [-0.1, -0.05) is 20.8 Å². The number of likely N-dealkylation sites (tertiary alicyclic amines) is 1. The molecule has 1 aliphatic heterocycles. The summed E-state index contributed by atoms with van der Waals surface area (Å²) in [6.45, 7) is 11.4. The van der Waals surface area contributed by atoms with E-state index in [1.54, 1.807) is 13.8 Å². The average Bonchev–Trinajstić information content (AvgIpc) is 2.52. The fourth-order valence-corrected chi connectivity index (χ4v) is 1.53. The molecule has 1 atom stereocenters. The number of hydrogen-bond donors (Lipinski definition) is 1. The third-order valence-corrected chi connectivity index (χ3v) is 2.26. The number of hydrogen-bond acceptors (Lipinski definition) is 2. The van der Waals surface area contributed by atoms with Crippen molar-refractivity contribution in [1.82, 2.24) is 4.90 Å².